The standard InChI is InChI=1S/C68H54N2O4/c1-44-39-55(33-37-57(44)47-13-7-6-8-14-47)73-43-74-56-34-38-58(45(2)40-56)51-26-36-60-59-35-25-50(46-23-31-54(72-5)32-24-46)41-65(59)70(66(60)42-51)53-29-21-49(22-30-53)67(71)48-19-27-52(28-20-48)69-63-17-11-9-15-61(63)68(3,4)62-16-10-12-18-64(62)69/h6-42H,43H2,1-5H3. The molecular weight excluding hydrogens is 909 g/mol. The van der Waals surface area contributed by atoms with Crippen LogP contribution < -0.4 is 19.1 Å². The highest BCUT2D eigenvalue weighted by Crippen LogP contribution is 2.51. The number of benzene rings is 10. The normalized spacial score (nSPS) is 12.6. The zero-order chi connectivity index (χ0) is 50.5. The number of carbonyl (C=O) groups excluding carboxylic acids is 1. The van der Waals surface area contributed by atoms with Crippen molar-refractivity contribution in [1.29, 1.82) is 0 Å². The number of hydrogen-bond acceptors (Lipinski definition) is 5. The summed E-state index contributed by atoms with van der Waals surface area (Å²) < 4.78 is 20.0. The first kappa shape index (κ1) is 46.0. The minimum absolute atomic E-state index is 0.0305. The molecule has 6 nitrogen and oxygen atoms in total. The fourth-order valence-corrected chi connectivity index (χ4v) is 10.9. The van der Waals surface area contributed by atoms with Gasteiger partial charge in [0.15, 0.2) is 5.78 Å². The van der Waals surface area contributed by atoms with Gasteiger partial charge in [-0.15, -0.1) is 0 Å². The topological polar surface area (TPSA) is 52.9 Å². The molecule has 0 saturated carbocycles. The molecule has 1 aliphatic heterocycles. The van der Waals surface area contributed by atoms with Gasteiger partial charge >= 0.3 is 0 Å². The minimum Gasteiger partial charge on any atom is -0.497 e. The van der Waals surface area contributed by atoms with Crippen LogP contribution in [0.2, 0.25) is 0 Å². The second-order valence-corrected chi connectivity index (χ2v) is 19.7. The zero-order valence-electron chi connectivity index (χ0n) is 42.1. The maximum atomic E-state index is 14.3. The molecule has 0 spiro atoms. The van der Waals surface area contributed by atoms with Gasteiger partial charge in [-0.1, -0.05) is 129 Å². The highest BCUT2D eigenvalue weighted by molar-refractivity contribution is 6.12. The Bertz CT molecular complexity index is 3860. The number of hydrogen-bond donors (Lipinski definition) is 0. The van der Waals surface area contributed by atoms with Crippen molar-refractivity contribution in [2.45, 2.75) is 33.1 Å². The molecule has 10 aromatic carbocycles. The van der Waals surface area contributed by atoms with Gasteiger partial charge in [-0.2, -0.15) is 0 Å². The van der Waals surface area contributed by atoms with Crippen molar-refractivity contribution in [1.82, 2.24) is 4.57 Å². The molecule has 0 unspecified atom stereocenters. The van der Waals surface area contributed by atoms with Crippen molar-refractivity contribution in [3.05, 3.63) is 258 Å². The van der Waals surface area contributed by atoms with Crippen molar-refractivity contribution in [3.63, 3.8) is 0 Å². The molecule has 0 fully saturated rings. The molecule has 74 heavy (non-hydrogen) atoms. The summed E-state index contributed by atoms with van der Waals surface area (Å²) in [7, 11) is 1.69. The number of aryl methyl sites for hydroxylation is 2. The minimum atomic E-state index is -0.151. The van der Waals surface area contributed by atoms with Crippen molar-refractivity contribution >= 4 is 44.7 Å². The second-order valence-electron chi connectivity index (χ2n) is 19.7. The van der Waals surface area contributed by atoms with Gasteiger partial charge in [-0.25, -0.2) is 0 Å². The third-order valence-electron chi connectivity index (χ3n) is 14.8. The summed E-state index contributed by atoms with van der Waals surface area (Å²) in [6, 6.07) is 77.6. The third-order valence-corrected chi connectivity index (χ3v) is 14.8. The van der Waals surface area contributed by atoms with E-state index in [-0.39, 0.29) is 18.0 Å². The maximum absolute atomic E-state index is 14.3. The van der Waals surface area contributed by atoms with Crippen LogP contribution in [0.3, 0.4) is 0 Å². The summed E-state index contributed by atoms with van der Waals surface area (Å²) in [5, 5.41) is 2.27. The third kappa shape index (κ3) is 8.24. The lowest BCUT2D eigenvalue weighted by atomic mass is 9.73. The number of ketones is 1. The van der Waals surface area contributed by atoms with E-state index >= 15 is 0 Å². The molecule has 0 amide bonds. The van der Waals surface area contributed by atoms with E-state index in [4.69, 9.17) is 14.2 Å². The van der Waals surface area contributed by atoms with Crippen LogP contribution in [-0.2, 0) is 5.41 Å². The number of methoxy groups -OCH3 is 1. The van der Waals surface area contributed by atoms with Crippen molar-refractivity contribution in [2.24, 2.45) is 0 Å². The highest BCUT2D eigenvalue weighted by Gasteiger charge is 2.36. The first-order chi connectivity index (χ1) is 36.1. The molecule has 6 heteroatoms. The van der Waals surface area contributed by atoms with Crippen molar-refractivity contribution in [2.75, 3.05) is 18.8 Å². The Morgan fingerprint density at radius 1 is 0.446 bits per heavy atom. The molecule has 0 saturated heterocycles. The smallest absolute Gasteiger partial charge is 0.230 e. The summed E-state index contributed by atoms with van der Waals surface area (Å²) in [5.41, 5.74) is 19.0. The number of aromatic nitrogens is 1. The van der Waals surface area contributed by atoms with Crippen molar-refractivity contribution in [3.8, 4) is 56.3 Å². The van der Waals surface area contributed by atoms with E-state index in [2.05, 4.69) is 207 Å². The number of fused-ring (bicyclic) bond motifs is 5. The van der Waals surface area contributed by atoms with Gasteiger partial charge in [-0.05, 0) is 179 Å². The van der Waals surface area contributed by atoms with Crippen LogP contribution in [0.1, 0.15) is 52.0 Å². The van der Waals surface area contributed by atoms with Crippen LogP contribution >= 0.6 is 0 Å². The predicted octanol–water partition coefficient (Wildman–Crippen LogP) is 17.2. The first-order valence-electron chi connectivity index (χ1n) is 25.1. The van der Waals surface area contributed by atoms with Gasteiger partial charge in [0.05, 0.1) is 29.5 Å². The average molecular weight is 963 g/mol. The number of ether oxygens (including phenoxy) is 3. The van der Waals surface area contributed by atoms with E-state index in [0.29, 0.717) is 11.1 Å². The molecule has 12 rings (SSSR count). The highest BCUT2D eigenvalue weighted by atomic mass is 16.7. The van der Waals surface area contributed by atoms with E-state index < -0.39 is 0 Å². The molecular formula is C68H54N2O4. The Kier molecular flexibility index (Phi) is 11.7. The summed E-state index contributed by atoms with van der Waals surface area (Å²) >= 11 is 0. The average Bonchev–Trinajstić information content (AvgIpc) is 3.76. The second kappa shape index (κ2) is 18.8. The molecule has 2 heterocycles. The lowest BCUT2D eigenvalue weighted by Crippen LogP contribution is -2.30. The molecule has 0 aliphatic carbocycles. The maximum Gasteiger partial charge on any atom is 0.230 e. The number of carbonyl (C=O) groups is 1. The van der Waals surface area contributed by atoms with Gasteiger partial charge in [0.2, 0.25) is 6.79 Å². The van der Waals surface area contributed by atoms with Gasteiger partial charge < -0.3 is 23.7 Å². The molecule has 0 bridgehead atoms. The predicted molar refractivity (Wildman–Crippen MR) is 302 cm³/mol. The lowest BCUT2D eigenvalue weighted by Gasteiger charge is -2.42. The number of para-hydroxylation sites is 2. The van der Waals surface area contributed by atoms with E-state index in [1.54, 1.807) is 7.11 Å². The van der Waals surface area contributed by atoms with E-state index in [1.165, 1.54) is 22.3 Å². The SMILES string of the molecule is COc1ccc(-c2ccc3c4ccc(-c5ccc(OCOc6ccc(-c7ccccc7)c(C)c6)cc5C)cc4n(-c4ccc(C(=O)c5ccc(N6c7ccccc7C(C)(C)c7ccccc76)cc5)cc4)c3c2)cc1. The number of anilines is 3. The van der Waals surface area contributed by atoms with Gasteiger partial charge in [0.1, 0.15) is 17.2 Å². The lowest BCUT2D eigenvalue weighted by molar-refractivity contribution is 0.103. The van der Waals surface area contributed by atoms with Crippen LogP contribution in [0.25, 0.3) is 60.9 Å². The zero-order valence-corrected chi connectivity index (χ0v) is 42.1. The fourth-order valence-electron chi connectivity index (χ4n) is 10.9. The fraction of sp³-hybridized carbons (Fsp3) is 0.103. The molecule has 0 atom stereocenters. The van der Waals surface area contributed by atoms with Crippen LogP contribution in [-0.4, -0.2) is 24.3 Å². The molecule has 0 radical (unpaired) electrons. The summed E-state index contributed by atoms with van der Waals surface area (Å²) in [6.07, 6.45) is 0. The molecule has 0 N–H and O–H groups in total. The summed E-state index contributed by atoms with van der Waals surface area (Å²) in [4.78, 5) is 16.6. The Morgan fingerprint density at radius 3 is 1.47 bits per heavy atom. The molecule has 1 aromatic heterocycles. The molecule has 11 aromatic rings. The Morgan fingerprint density at radius 2 is 0.919 bits per heavy atom. The quantitative estimate of drug-likeness (QED) is 0.0902. The Balaban J connectivity index is 0.842. The van der Waals surface area contributed by atoms with Gasteiger partial charge in [-0.3, -0.25) is 4.79 Å². The Hall–Kier alpha value is -9.13. The van der Waals surface area contributed by atoms with Crippen LogP contribution in [0.5, 0.6) is 17.2 Å². The monoisotopic (exact) mass is 962 g/mol. The van der Waals surface area contributed by atoms with Crippen LogP contribution in [0, 0.1) is 13.8 Å². The van der Waals surface area contributed by atoms with Gasteiger partial charge in [0, 0.05) is 38.7 Å². The number of nitrogens with zero attached hydrogens (tertiary/aromatic N) is 2. The summed E-state index contributed by atoms with van der Waals surface area (Å²) in [6.45, 7) is 8.88. The first-order valence-corrected chi connectivity index (χ1v) is 25.1. The van der Waals surface area contributed by atoms with E-state index in [0.717, 1.165) is 95.2 Å². The van der Waals surface area contributed by atoms with E-state index in [1.807, 2.05) is 54.6 Å². The Labute approximate surface area is 432 Å². The van der Waals surface area contributed by atoms with Crippen molar-refractivity contribution < 1.29 is 19.0 Å². The largest absolute Gasteiger partial charge is 0.497 e. The molecule has 1 aliphatic rings. The van der Waals surface area contributed by atoms with Crippen LogP contribution in [0.4, 0.5) is 17.1 Å². The van der Waals surface area contributed by atoms with Gasteiger partial charge in [0.25, 0.3) is 0 Å². The number of rotatable bonds is 12. The van der Waals surface area contributed by atoms with E-state index in [9.17, 15) is 4.79 Å². The van der Waals surface area contributed by atoms with Crippen LogP contribution in [0.15, 0.2) is 224 Å². The molecule has 360 valence electrons. The summed E-state index contributed by atoms with van der Waals surface area (Å²) in [5.74, 6) is 2.28.